The van der Waals surface area contributed by atoms with Gasteiger partial charge in [0.2, 0.25) is 10.0 Å². The van der Waals surface area contributed by atoms with Gasteiger partial charge >= 0.3 is 0 Å². The highest BCUT2D eigenvalue weighted by atomic mass is 32.2. The zero-order valence-electron chi connectivity index (χ0n) is 11.7. The van der Waals surface area contributed by atoms with E-state index in [0.29, 0.717) is 18.5 Å². The maximum absolute atomic E-state index is 12.2. The van der Waals surface area contributed by atoms with Crippen molar-refractivity contribution in [2.75, 3.05) is 6.54 Å². The molecule has 1 aromatic carbocycles. The summed E-state index contributed by atoms with van der Waals surface area (Å²) >= 11 is 0. The molecule has 0 radical (unpaired) electrons. The van der Waals surface area contributed by atoms with E-state index in [9.17, 15) is 13.2 Å². The van der Waals surface area contributed by atoms with Crippen LogP contribution in [-0.2, 0) is 16.6 Å². The van der Waals surface area contributed by atoms with Gasteiger partial charge in [0.1, 0.15) is 0 Å². The number of carbonyl (C=O) groups excluding carboxylic acids is 1. The first-order valence-corrected chi connectivity index (χ1v) is 8.10. The Balaban J connectivity index is 2.06. The molecule has 7 heteroatoms. The van der Waals surface area contributed by atoms with Crippen LogP contribution in [0, 0.1) is 0 Å². The summed E-state index contributed by atoms with van der Waals surface area (Å²) < 4.78 is 28.6. The van der Waals surface area contributed by atoms with Gasteiger partial charge in [-0.15, -0.1) is 0 Å². The number of Topliss-reactive ketones (excluding diaryl/α,β-unsaturated/α-hetero) is 1. The van der Waals surface area contributed by atoms with E-state index in [1.54, 1.807) is 42.3 Å². The van der Waals surface area contributed by atoms with E-state index < -0.39 is 10.0 Å². The van der Waals surface area contributed by atoms with E-state index in [1.165, 1.54) is 12.1 Å². The van der Waals surface area contributed by atoms with Crippen LogP contribution in [0.1, 0.15) is 23.7 Å². The number of nitrogens with one attached hydrogen (secondary N) is 1. The highest BCUT2D eigenvalue weighted by Gasteiger charge is 2.15. The summed E-state index contributed by atoms with van der Waals surface area (Å²) in [5.41, 5.74) is 0.412. The smallest absolute Gasteiger partial charge is 0.240 e. The lowest BCUT2D eigenvalue weighted by Gasteiger charge is -2.08. The molecule has 0 aliphatic carbocycles. The van der Waals surface area contributed by atoms with Crippen LogP contribution in [-0.4, -0.2) is 30.3 Å². The normalized spacial score (nSPS) is 11.5. The molecule has 21 heavy (non-hydrogen) atoms. The number of hydrogen-bond donors (Lipinski definition) is 1. The number of rotatable bonds is 7. The van der Waals surface area contributed by atoms with Crippen molar-refractivity contribution in [1.29, 1.82) is 0 Å². The van der Waals surface area contributed by atoms with Crippen molar-refractivity contribution in [3.63, 3.8) is 0 Å². The number of nitrogens with zero attached hydrogens (tertiary/aromatic N) is 2. The van der Waals surface area contributed by atoms with Crippen molar-refractivity contribution in [2.24, 2.45) is 0 Å². The summed E-state index contributed by atoms with van der Waals surface area (Å²) in [6.07, 6.45) is 5.36. The van der Waals surface area contributed by atoms with Gasteiger partial charge in [0, 0.05) is 37.5 Å². The molecule has 0 saturated heterocycles. The van der Waals surface area contributed by atoms with Crippen LogP contribution >= 0.6 is 0 Å². The Labute approximate surface area is 123 Å². The molecule has 0 aliphatic rings. The van der Waals surface area contributed by atoms with E-state index in [1.807, 2.05) is 0 Å². The molecular weight excluding hydrogens is 290 g/mol. The second-order valence-corrected chi connectivity index (χ2v) is 6.27. The van der Waals surface area contributed by atoms with Crippen molar-refractivity contribution in [3.05, 3.63) is 48.5 Å². The Morgan fingerprint density at radius 3 is 2.86 bits per heavy atom. The van der Waals surface area contributed by atoms with Crippen LogP contribution in [0.5, 0.6) is 0 Å². The topological polar surface area (TPSA) is 81.1 Å². The average Bonchev–Trinajstić information content (AvgIpc) is 2.99. The lowest BCUT2D eigenvalue weighted by Crippen LogP contribution is -2.27. The fraction of sp³-hybridized carbons (Fsp3) is 0.286. The Bertz CT molecular complexity index is 709. The number of carbonyl (C=O) groups is 1. The van der Waals surface area contributed by atoms with Gasteiger partial charge in [-0.1, -0.05) is 19.1 Å². The summed E-state index contributed by atoms with van der Waals surface area (Å²) in [7, 11) is -3.61. The predicted molar refractivity (Wildman–Crippen MR) is 78.5 cm³/mol. The van der Waals surface area contributed by atoms with Crippen molar-refractivity contribution < 1.29 is 13.2 Å². The maximum Gasteiger partial charge on any atom is 0.240 e. The SMILES string of the molecule is CCC(=O)c1cccc(S(=O)(=O)NCCn2ccnc2)c1. The molecule has 112 valence electrons. The summed E-state index contributed by atoms with van der Waals surface area (Å²) in [5, 5.41) is 0. The number of aromatic nitrogens is 2. The zero-order valence-corrected chi connectivity index (χ0v) is 12.5. The monoisotopic (exact) mass is 307 g/mol. The van der Waals surface area contributed by atoms with Crippen LogP contribution in [0.15, 0.2) is 47.9 Å². The van der Waals surface area contributed by atoms with E-state index in [0.717, 1.165) is 0 Å². The first kappa shape index (κ1) is 15.4. The highest BCUT2D eigenvalue weighted by Crippen LogP contribution is 2.12. The molecule has 0 spiro atoms. The summed E-state index contributed by atoms with van der Waals surface area (Å²) in [6.45, 7) is 2.49. The fourth-order valence-electron chi connectivity index (χ4n) is 1.85. The van der Waals surface area contributed by atoms with Gasteiger partial charge in [0.25, 0.3) is 0 Å². The molecule has 2 aromatic rings. The Kier molecular flexibility index (Phi) is 4.87. The van der Waals surface area contributed by atoms with Crippen molar-refractivity contribution in [3.8, 4) is 0 Å². The fourth-order valence-corrected chi connectivity index (χ4v) is 2.92. The molecule has 0 atom stereocenters. The second kappa shape index (κ2) is 6.64. The molecule has 0 fully saturated rings. The lowest BCUT2D eigenvalue weighted by atomic mass is 10.1. The van der Waals surface area contributed by atoms with Gasteiger partial charge in [-0.05, 0) is 12.1 Å². The van der Waals surface area contributed by atoms with Crippen molar-refractivity contribution in [1.82, 2.24) is 14.3 Å². The zero-order chi connectivity index (χ0) is 15.3. The van der Waals surface area contributed by atoms with E-state index >= 15 is 0 Å². The highest BCUT2D eigenvalue weighted by molar-refractivity contribution is 7.89. The molecule has 1 aromatic heterocycles. The largest absolute Gasteiger partial charge is 0.336 e. The first-order chi connectivity index (χ1) is 10.0. The summed E-state index contributed by atoms with van der Waals surface area (Å²) in [4.78, 5) is 15.6. The summed E-state index contributed by atoms with van der Waals surface area (Å²) in [5.74, 6) is -0.0783. The number of benzene rings is 1. The average molecular weight is 307 g/mol. The van der Waals surface area contributed by atoms with Crippen LogP contribution in [0.3, 0.4) is 0 Å². The quantitative estimate of drug-likeness (QED) is 0.785. The minimum atomic E-state index is -3.61. The first-order valence-electron chi connectivity index (χ1n) is 6.61. The molecular formula is C14H17N3O3S. The van der Waals surface area contributed by atoms with Crippen molar-refractivity contribution >= 4 is 15.8 Å². The minimum Gasteiger partial charge on any atom is -0.336 e. The van der Waals surface area contributed by atoms with E-state index in [-0.39, 0.29) is 17.2 Å². The molecule has 1 N–H and O–H groups in total. The number of ketones is 1. The molecule has 0 bridgehead atoms. The Morgan fingerprint density at radius 1 is 1.38 bits per heavy atom. The van der Waals surface area contributed by atoms with Crippen LogP contribution in [0.2, 0.25) is 0 Å². The molecule has 1 heterocycles. The molecule has 0 aliphatic heterocycles. The molecule has 2 rings (SSSR count). The second-order valence-electron chi connectivity index (χ2n) is 4.50. The standard InChI is InChI=1S/C14H17N3O3S/c1-2-14(18)12-4-3-5-13(10-12)21(19,20)16-7-9-17-8-6-15-11-17/h3-6,8,10-11,16H,2,7,9H2,1H3. The van der Waals surface area contributed by atoms with E-state index in [4.69, 9.17) is 0 Å². The van der Waals surface area contributed by atoms with Gasteiger partial charge < -0.3 is 4.57 Å². The molecule has 0 amide bonds. The predicted octanol–water partition coefficient (Wildman–Crippen LogP) is 1.45. The molecule has 0 unspecified atom stereocenters. The lowest BCUT2D eigenvalue weighted by molar-refractivity contribution is 0.0988. The maximum atomic E-state index is 12.2. The molecule has 6 nitrogen and oxygen atoms in total. The number of imidazole rings is 1. The van der Waals surface area contributed by atoms with Gasteiger partial charge in [-0.3, -0.25) is 4.79 Å². The van der Waals surface area contributed by atoms with Crippen molar-refractivity contribution in [2.45, 2.75) is 24.8 Å². The van der Waals surface area contributed by atoms with Crippen LogP contribution < -0.4 is 4.72 Å². The number of hydrogen-bond acceptors (Lipinski definition) is 4. The minimum absolute atomic E-state index is 0.0783. The van der Waals surface area contributed by atoms with E-state index in [2.05, 4.69) is 9.71 Å². The third-order valence-electron chi connectivity index (χ3n) is 3.01. The van der Waals surface area contributed by atoms with Gasteiger partial charge in [-0.2, -0.15) is 0 Å². The van der Waals surface area contributed by atoms with Gasteiger partial charge in [0.15, 0.2) is 5.78 Å². The van der Waals surface area contributed by atoms with Crippen LogP contribution in [0.4, 0.5) is 0 Å². The van der Waals surface area contributed by atoms with Gasteiger partial charge in [-0.25, -0.2) is 18.1 Å². The number of sulfonamides is 1. The van der Waals surface area contributed by atoms with Crippen LogP contribution in [0.25, 0.3) is 0 Å². The Hall–Kier alpha value is -1.99. The Morgan fingerprint density at radius 2 is 2.19 bits per heavy atom. The third-order valence-corrected chi connectivity index (χ3v) is 4.47. The summed E-state index contributed by atoms with van der Waals surface area (Å²) in [6, 6.07) is 6.08. The third kappa shape index (κ3) is 3.99. The molecule has 0 saturated carbocycles. The van der Waals surface area contributed by atoms with Gasteiger partial charge in [0.05, 0.1) is 11.2 Å².